The summed E-state index contributed by atoms with van der Waals surface area (Å²) in [7, 11) is 0. The summed E-state index contributed by atoms with van der Waals surface area (Å²) >= 11 is 0. The first kappa shape index (κ1) is 49.4. The van der Waals surface area contributed by atoms with Crippen LogP contribution in [0, 0.1) is 11.8 Å². The number of unbranched alkanes of at least 4 members (excludes halogenated alkanes) is 23. The first-order valence-electron chi connectivity index (χ1n) is 22.3. The van der Waals surface area contributed by atoms with E-state index >= 15 is 0 Å². The Kier molecular flexibility index (Phi) is 37.0. The second kappa shape index (κ2) is 38.1. The molecule has 0 spiro atoms. The average Bonchev–Trinajstić information content (AvgIpc) is 3.11. The van der Waals surface area contributed by atoms with Gasteiger partial charge < -0.3 is 14.2 Å². The Balaban J connectivity index is 4.13. The van der Waals surface area contributed by atoms with Crippen molar-refractivity contribution >= 4 is 17.9 Å². The summed E-state index contributed by atoms with van der Waals surface area (Å²) in [5, 5.41) is 0. The van der Waals surface area contributed by atoms with E-state index in [9.17, 15) is 14.4 Å². The van der Waals surface area contributed by atoms with Gasteiger partial charge in [0.05, 0.1) is 0 Å². The highest BCUT2D eigenvalue weighted by Gasteiger charge is 2.19. The van der Waals surface area contributed by atoms with E-state index in [1.54, 1.807) is 0 Å². The van der Waals surface area contributed by atoms with Gasteiger partial charge in [0.2, 0.25) is 0 Å². The molecule has 0 aromatic rings. The van der Waals surface area contributed by atoms with Crippen molar-refractivity contribution < 1.29 is 28.6 Å². The Morgan fingerprint density at radius 2 is 0.745 bits per heavy atom. The molecule has 0 saturated heterocycles. The Morgan fingerprint density at radius 1 is 0.412 bits per heavy atom. The number of hydrogen-bond acceptors (Lipinski definition) is 6. The molecule has 0 heterocycles. The highest BCUT2D eigenvalue weighted by atomic mass is 16.6. The molecule has 0 aromatic heterocycles. The van der Waals surface area contributed by atoms with Crippen molar-refractivity contribution in [3.63, 3.8) is 0 Å². The van der Waals surface area contributed by atoms with Crippen LogP contribution in [-0.4, -0.2) is 37.2 Å². The van der Waals surface area contributed by atoms with Crippen LogP contribution in [0.1, 0.15) is 240 Å². The second-order valence-corrected chi connectivity index (χ2v) is 16.1. The lowest BCUT2D eigenvalue weighted by atomic mass is 9.99. The molecule has 51 heavy (non-hydrogen) atoms. The fraction of sp³-hybridized carbons (Fsp3) is 0.933. The maximum Gasteiger partial charge on any atom is 0.306 e. The van der Waals surface area contributed by atoms with E-state index < -0.39 is 6.10 Å². The van der Waals surface area contributed by atoms with Gasteiger partial charge in [-0.05, 0) is 31.1 Å². The quantitative estimate of drug-likeness (QED) is 0.0357. The number of hydrogen-bond donors (Lipinski definition) is 0. The number of ether oxygens (including phenoxy) is 3. The Bertz CT molecular complexity index is 781. The molecule has 0 aliphatic rings. The zero-order valence-electron chi connectivity index (χ0n) is 34.7. The molecule has 0 radical (unpaired) electrons. The molecule has 302 valence electrons. The predicted octanol–water partition coefficient (Wildman–Crippen LogP) is 13.8. The number of carbonyl (C=O) groups excluding carboxylic acids is 3. The summed E-state index contributed by atoms with van der Waals surface area (Å²) in [6.07, 6.45) is 35.5. The van der Waals surface area contributed by atoms with E-state index in [0.717, 1.165) is 76.0 Å². The molecule has 0 rings (SSSR count). The first-order chi connectivity index (χ1) is 24.8. The highest BCUT2D eigenvalue weighted by molar-refractivity contribution is 5.71. The van der Waals surface area contributed by atoms with Crippen molar-refractivity contribution in [1.29, 1.82) is 0 Å². The highest BCUT2D eigenvalue weighted by Crippen LogP contribution is 2.17. The van der Waals surface area contributed by atoms with Crippen LogP contribution in [0.2, 0.25) is 0 Å². The Hall–Kier alpha value is -1.59. The van der Waals surface area contributed by atoms with Gasteiger partial charge in [-0.25, -0.2) is 0 Å². The van der Waals surface area contributed by atoms with Crippen LogP contribution < -0.4 is 0 Å². The number of carbonyl (C=O) groups is 3. The third kappa shape index (κ3) is 38.0. The Labute approximate surface area is 317 Å². The van der Waals surface area contributed by atoms with Gasteiger partial charge in [-0.1, -0.05) is 202 Å². The van der Waals surface area contributed by atoms with E-state index in [2.05, 4.69) is 34.6 Å². The monoisotopic (exact) mass is 723 g/mol. The summed E-state index contributed by atoms with van der Waals surface area (Å²) < 4.78 is 16.6. The van der Waals surface area contributed by atoms with Gasteiger partial charge >= 0.3 is 17.9 Å². The summed E-state index contributed by atoms with van der Waals surface area (Å²) in [6.45, 7) is 11.2. The van der Waals surface area contributed by atoms with Crippen molar-refractivity contribution in [3.05, 3.63) is 0 Å². The third-order valence-corrected chi connectivity index (χ3v) is 10.3. The zero-order chi connectivity index (χ0) is 37.6. The molecule has 0 fully saturated rings. The average molecular weight is 723 g/mol. The molecular formula is C45H86O6. The van der Waals surface area contributed by atoms with E-state index in [1.165, 1.54) is 122 Å². The van der Waals surface area contributed by atoms with Gasteiger partial charge in [-0.3, -0.25) is 14.4 Å². The van der Waals surface area contributed by atoms with Gasteiger partial charge in [0.15, 0.2) is 6.10 Å². The van der Waals surface area contributed by atoms with Gasteiger partial charge in [0, 0.05) is 19.3 Å². The molecule has 6 nitrogen and oxygen atoms in total. The van der Waals surface area contributed by atoms with Crippen LogP contribution >= 0.6 is 0 Å². The summed E-state index contributed by atoms with van der Waals surface area (Å²) in [5.41, 5.74) is 0. The van der Waals surface area contributed by atoms with Crippen LogP contribution in [0.25, 0.3) is 0 Å². The topological polar surface area (TPSA) is 78.9 Å². The van der Waals surface area contributed by atoms with Crippen molar-refractivity contribution in [3.8, 4) is 0 Å². The zero-order valence-corrected chi connectivity index (χ0v) is 34.7. The lowest BCUT2D eigenvalue weighted by Gasteiger charge is -2.18. The van der Waals surface area contributed by atoms with Crippen molar-refractivity contribution in [1.82, 2.24) is 0 Å². The summed E-state index contributed by atoms with van der Waals surface area (Å²) in [5.74, 6) is 0.798. The van der Waals surface area contributed by atoms with Gasteiger partial charge in [-0.15, -0.1) is 0 Å². The first-order valence-corrected chi connectivity index (χ1v) is 22.3. The smallest absolute Gasteiger partial charge is 0.306 e. The number of rotatable bonds is 39. The molecule has 2 atom stereocenters. The molecule has 0 aliphatic heterocycles. The van der Waals surface area contributed by atoms with Crippen molar-refractivity contribution in [2.45, 2.75) is 246 Å². The molecule has 0 bridgehead atoms. The predicted molar refractivity (Wildman–Crippen MR) is 215 cm³/mol. The molecule has 0 aromatic carbocycles. The van der Waals surface area contributed by atoms with Gasteiger partial charge in [-0.2, -0.15) is 0 Å². The molecule has 0 aliphatic carbocycles. The van der Waals surface area contributed by atoms with Crippen LogP contribution in [-0.2, 0) is 28.6 Å². The fourth-order valence-corrected chi connectivity index (χ4v) is 6.54. The lowest BCUT2D eigenvalue weighted by molar-refractivity contribution is -0.167. The fourth-order valence-electron chi connectivity index (χ4n) is 6.54. The van der Waals surface area contributed by atoms with Crippen LogP contribution in [0.5, 0.6) is 0 Å². The van der Waals surface area contributed by atoms with Crippen molar-refractivity contribution in [2.75, 3.05) is 13.2 Å². The van der Waals surface area contributed by atoms with E-state index in [4.69, 9.17) is 14.2 Å². The molecule has 0 saturated carbocycles. The molecular weight excluding hydrogens is 636 g/mol. The maximum absolute atomic E-state index is 12.6. The Morgan fingerprint density at radius 3 is 1.12 bits per heavy atom. The second-order valence-electron chi connectivity index (χ2n) is 16.1. The SMILES string of the molecule is CCCCCCCC(=O)OC[C@H](COC(=O)CCCCCCCCCCCCCCCCC(C)CC)OC(=O)CCCCCCCCCC(C)C. The minimum atomic E-state index is -0.758. The summed E-state index contributed by atoms with van der Waals surface area (Å²) in [6, 6.07) is 0. The van der Waals surface area contributed by atoms with Crippen LogP contribution in [0.15, 0.2) is 0 Å². The lowest BCUT2D eigenvalue weighted by Crippen LogP contribution is -2.30. The summed E-state index contributed by atoms with van der Waals surface area (Å²) in [4.78, 5) is 37.4. The normalized spacial score (nSPS) is 12.6. The van der Waals surface area contributed by atoms with E-state index in [-0.39, 0.29) is 31.1 Å². The minimum absolute atomic E-state index is 0.0665. The van der Waals surface area contributed by atoms with Crippen LogP contribution in [0.4, 0.5) is 0 Å². The number of esters is 3. The van der Waals surface area contributed by atoms with E-state index in [0.29, 0.717) is 19.3 Å². The largest absolute Gasteiger partial charge is 0.462 e. The molecule has 0 N–H and O–H groups in total. The van der Waals surface area contributed by atoms with Gasteiger partial charge in [0.1, 0.15) is 13.2 Å². The third-order valence-electron chi connectivity index (χ3n) is 10.3. The van der Waals surface area contributed by atoms with Crippen LogP contribution in [0.3, 0.4) is 0 Å². The minimum Gasteiger partial charge on any atom is -0.462 e. The molecule has 1 unspecified atom stereocenters. The van der Waals surface area contributed by atoms with E-state index in [1.807, 2.05) is 0 Å². The maximum atomic E-state index is 12.6. The standard InChI is InChI=1S/C45H86O6/c1-6-8-9-23-30-35-43(46)49-38-42(51-45(48)37-32-27-22-18-19-24-28-33-40(3)4)39-50-44(47)36-31-26-21-17-15-13-11-10-12-14-16-20-25-29-34-41(5)7-2/h40-42H,6-39H2,1-5H3/t41?,42-/m1/s1. The van der Waals surface area contributed by atoms with Crippen molar-refractivity contribution in [2.24, 2.45) is 11.8 Å². The van der Waals surface area contributed by atoms with Gasteiger partial charge in [0.25, 0.3) is 0 Å². The molecule has 0 amide bonds. The molecule has 6 heteroatoms.